The SMILES string of the molecule is C[C@@H](NCC(C)(N)CCCCB(O)O)c1ccccc1. The summed E-state index contributed by atoms with van der Waals surface area (Å²) in [5, 5.41) is 21.1. The smallest absolute Gasteiger partial charge is 0.427 e. The molecule has 0 amide bonds. The molecule has 0 aliphatic rings. The largest absolute Gasteiger partial charge is 0.451 e. The number of nitrogens with one attached hydrogen (secondary N) is 1. The van der Waals surface area contributed by atoms with Crippen molar-refractivity contribution in [2.24, 2.45) is 5.73 Å². The maximum absolute atomic E-state index is 8.80. The van der Waals surface area contributed by atoms with E-state index in [-0.39, 0.29) is 11.6 Å². The summed E-state index contributed by atoms with van der Waals surface area (Å²) in [7, 11) is -1.20. The second-order valence-electron chi connectivity index (χ2n) is 5.89. The lowest BCUT2D eigenvalue weighted by molar-refractivity contribution is 0.364. The summed E-state index contributed by atoms with van der Waals surface area (Å²) in [6, 6.07) is 10.6. The fraction of sp³-hybridized carbons (Fsp3) is 0.600. The van der Waals surface area contributed by atoms with Crippen LogP contribution in [0.25, 0.3) is 0 Å². The summed E-state index contributed by atoms with van der Waals surface area (Å²) >= 11 is 0. The van der Waals surface area contributed by atoms with Crippen molar-refractivity contribution in [2.75, 3.05) is 6.54 Å². The average molecular weight is 278 g/mol. The fourth-order valence-electron chi connectivity index (χ4n) is 2.19. The summed E-state index contributed by atoms with van der Waals surface area (Å²) in [6.07, 6.45) is 2.99. The third-order valence-corrected chi connectivity index (χ3v) is 3.57. The number of hydrogen-bond donors (Lipinski definition) is 4. The van der Waals surface area contributed by atoms with Crippen LogP contribution in [0.2, 0.25) is 6.32 Å². The zero-order chi connectivity index (χ0) is 15.0. The van der Waals surface area contributed by atoms with Gasteiger partial charge < -0.3 is 21.1 Å². The van der Waals surface area contributed by atoms with Gasteiger partial charge in [-0.2, -0.15) is 0 Å². The highest BCUT2D eigenvalue weighted by atomic mass is 16.4. The van der Waals surface area contributed by atoms with Crippen molar-refractivity contribution in [2.45, 2.75) is 51.0 Å². The molecule has 0 radical (unpaired) electrons. The van der Waals surface area contributed by atoms with E-state index >= 15 is 0 Å². The third kappa shape index (κ3) is 7.05. The van der Waals surface area contributed by atoms with Crippen LogP contribution in [0.15, 0.2) is 30.3 Å². The molecule has 2 atom stereocenters. The van der Waals surface area contributed by atoms with Gasteiger partial charge in [0, 0.05) is 18.1 Å². The first-order chi connectivity index (χ1) is 9.41. The van der Waals surface area contributed by atoms with E-state index in [9.17, 15) is 0 Å². The van der Waals surface area contributed by atoms with E-state index in [0.29, 0.717) is 6.32 Å². The Labute approximate surface area is 122 Å². The van der Waals surface area contributed by atoms with Gasteiger partial charge in [-0.3, -0.25) is 0 Å². The fourth-order valence-corrected chi connectivity index (χ4v) is 2.19. The van der Waals surface area contributed by atoms with Gasteiger partial charge in [0.1, 0.15) is 0 Å². The predicted octanol–water partition coefficient (Wildman–Crippen LogP) is 1.70. The van der Waals surface area contributed by atoms with E-state index in [4.69, 9.17) is 15.8 Å². The minimum atomic E-state index is -1.20. The molecule has 1 aromatic carbocycles. The van der Waals surface area contributed by atoms with Crippen molar-refractivity contribution in [3.8, 4) is 0 Å². The van der Waals surface area contributed by atoms with Crippen molar-refractivity contribution < 1.29 is 10.0 Å². The quantitative estimate of drug-likeness (QED) is 0.409. The minimum absolute atomic E-state index is 0.274. The molecule has 1 rings (SSSR count). The Balaban J connectivity index is 2.28. The molecule has 1 aromatic rings. The second-order valence-corrected chi connectivity index (χ2v) is 5.89. The summed E-state index contributed by atoms with van der Waals surface area (Å²) in [6.45, 7) is 4.91. The van der Waals surface area contributed by atoms with Crippen LogP contribution in [-0.4, -0.2) is 29.3 Å². The van der Waals surface area contributed by atoms with Crippen LogP contribution in [0.3, 0.4) is 0 Å². The molecule has 4 nitrogen and oxygen atoms in total. The van der Waals surface area contributed by atoms with Crippen molar-refractivity contribution >= 4 is 7.12 Å². The highest BCUT2D eigenvalue weighted by Crippen LogP contribution is 2.15. The first kappa shape index (κ1) is 17.2. The molecule has 5 heteroatoms. The van der Waals surface area contributed by atoms with Crippen molar-refractivity contribution in [1.82, 2.24) is 5.32 Å². The van der Waals surface area contributed by atoms with Crippen LogP contribution in [-0.2, 0) is 0 Å². The average Bonchev–Trinajstić information content (AvgIpc) is 2.42. The topological polar surface area (TPSA) is 78.5 Å². The summed E-state index contributed by atoms with van der Waals surface area (Å²) in [5.41, 5.74) is 7.25. The van der Waals surface area contributed by atoms with Crippen LogP contribution >= 0.6 is 0 Å². The molecule has 5 N–H and O–H groups in total. The lowest BCUT2D eigenvalue weighted by Crippen LogP contribution is -2.46. The Morgan fingerprint density at radius 2 is 1.90 bits per heavy atom. The number of unbranched alkanes of at least 4 members (excludes halogenated alkanes) is 1. The van der Waals surface area contributed by atoms with E-state index in [2.05, 4.69) is 24.4 Å². The maximum Gasteiger partial charge on any atom is 0.451 e. The Morgan fingerprint density at radius 1 is 1.25 bits per heavy atom. The first-order valence-corrected chi connectivity index (χ1v) is 7.34. The first-order valence-electron chi connectivity index (χ1n) is 7.34. The molecule has 0 aliphatic heterocycles. The van der Waals surface area contributed by atoms with E-state index < -0.39 is 7.12 Å². The molecule has 1 unspecified atom stereocenters. The molecule has 0 aliphatic carbocycles. The Kier molecular flexibility index (Phi) is 7.23. The third-order valence-electron chi connectivity index (χ3n) is 3.57. The van der Waals surface area contributed by atoms with Gasteiger partial charge in [0.05, 0.1) is 0 Å². The molecule has 0 saturated carbocycles. The molecular formula is C15H27BN2O2. The zero-order valence-electron chi connectivity index (χ0n) is 12.5. The molecule has 0 bridgehead atoms. The summed E-state index contributed by atoms with van der Waals surface area (Å²) in [5.74, 6) is 0. The van der Waals surface area contributed by atoms with Gasteiger partial charge in [0.25, 0.3) is 0 Å². The molecule has 20 heavy (non-hydrogen) atoms. The summed E-state index contributed by atoms with van der Waals surface area (Å²) in [4.78, 5) is 0. The van der Waals surface area contributed by atoms with Crippen molar-refractivity contribution in [3.05, 3.63) is 35.9 Å². The Morgan fingerprint density at radius 3 is 2.50 bits per heavy atom. The lowest BCUT2D eigenvalue weighted by atomic mass is 9.82. The van der Waals surface area contributed by atoms with Crippen molar-refractivity contribution in [3.63, 3.8) is 0 Å². The Hall–Kier alpha value is -0.875. The highest BCUT2D eigenvalue weighted by Gasteiger charge is 2.19. The lowest BCUT2D eigenvalue weighted by Gasteiger charge is -2.27. The van der Waals surface area contributed by atoms with Gasteiger partial charge in [-0.05, 0) is 32.2 Å². The van der Waals surface area contributed by atoms with Crippen LogP contribution in [0.1, 0.15) is 44.7 Å². The van der Waals surface area contributed by atoms with Crippen LogP contribution < -0.4 is 11.1 Å². The standard InChI is InChI=1S/C15H27BN2O2/c1-13(14-8-4-3-5-9-14)18-12-15(2,17)10-6-7-11-16(19)20/h3-5,8-9,13,18-20H,6-7,10-12,17H2,1-2H3/t13-,15?/m1/s1. The van der Waals surface area contributed by atoms with E-state index in [0.717, 1.165) is 25.8 Å². The highest BCUT2D eigenvalue weighted by molar-refractivity contribution is 6.40. The normalized spacial score (nSPS) is 15.7. The van der Waals surface area contributed by atoms with E-state index in [1.54, 1.807) is 0 Å². The van der Waals surface area contributed by atoms with E-state index in [1.165, 1.54) is 5.56 Å². The number of benzene rings is 1. The van der Waals surface area contributed by atoms with Crippen molar-refractivity contribution in [1.29, 1.82) is 0 Å². The number of nitrogens with two attached hydrogens (primary N) is 1. The molecule has 0 spiro atoms. The van der Waals surface area contributed by atoms with Crippen LogP contribution in [0, 0.1) is 0 Å². The second kappa shape index (κ2) is 8.42. The maximum atomic E-state index is 8.80. The van der Waals surface area contributed by atoms with Crippen LogP contribution in [0.5, 0.6) is 0 Å². The van der Waals surface area contributed by atoms with E-state index in [1.807, 2.05) is 25.1 Å². The molecule has 0 heterocycles. The van der Waals surface area contributed by atoms with Gasteiger partial charge in [0.2, 0.25) is 0 Å². The monoisotopic (exact) mass is 278 g/mol. The summed E-state index contributed by atoms with van der Waals surface area (Å²) < 4.78 is 0. The number of hydrogen-bond acceptors (Lipinski definition) is 4. The molecule has 0 fully saturated rings. The minimum Gasteiger partial charge on any atom is -0.427 e. The Bertz CT molecular complexity index is 371. The molecular weight excluding hydrogens is 251 g/mol. The number of rotatable bonds is 9. The van der Waals surface area contributed by atoms with Gasteiger partial charge in [0.15, 0.2) is 0 Å². The van der Waals surface area contributed by atoms with Crippen LogP contribution in [0.4, 0.5) is 0 Å². The molecule has 0 aromatic heterocycles. The zero-order valence-corrected chi connectivity index (χ0v) is 12.5. The van der Waals surface area contributed by atoms with Gasteiger partial charge in [-0.15, -0.1) is 0 Å². The van der Waals surface area contributed by atoms with Gasteiger partial charge >= 0.3 is 7.12 Å². The molecule has 112 valence electrons. The van der Waals surface area contributed by atoms with Gasteiger partial charge in [-0.25, -0.2) is 0 Å². The molecule has 0 saturated heterocycles. The predicted molar refractivity (Wildman–Crippen MR) is 84.3 cm³/mol. The van der Waals surface area contributed by atoms with Gasteiger partial charge in [-0.1, -0.05) is 43.2 Å².